The summed E-state index contributed by atoms with van der Waals surface area (Å²) in [6.07, 6.45) is 4.99. The number of alkyl carbamates (subject to hydrolysis) is 1. The zero-order valence-electron chi connectivity index (χ0n) is 31.5. The van der Waals surface area contributed by atoms with Crippen molar-refractivity contribution in [2.75, 3.05) is 17.2 Å². The lowest BCUT2D eigenvalue weighted by molar-refractivity contribution is -0.123. The van der Waals surface area contributed by atoms with Crippen LogP contribution in [0, 0.1) is 0 Å². The van der Waals surface area contributed by atoms with Crippen LogP contribution in [0.4, 0.5) is 16.2 Å². The van der Waals surface area contributed by atoms with E-state index in [0.29, 0.717) is 42.7 Å². The van der Waals surface area contributed by atoms with E-state index in [-0.39, 0.29) is 28.2 Å². The van der Waals surface area contributed by atoms with Gasteiger partial charge in [0.1, 0.15) is 11.6 Å². The Morgan fingerprint density at radius 2 is 1.43 bits per heavy atom. The van der Waals surface area contributed by atoms with Crippen LogP contribution in [0.1, 0.15) is 95.1 Å². The maximum atomic E-state index is 13.2. The van der Waals surface area contributed by atoms with Gasteiger partial charge in [-0.3, -0.25) is 19.7 Å². The van der Waals surface area contributed by atoms with Gasteiger partial charge in [-0.05, 0) is 105 Å². The molecule has 0 saturated heterocycles. The monoisotopic (exact) mass is 740 g/mol. The number of aromatic amines is 1. The van der Waals surface area contributed by atoms with E-state index in [2.05, 4.69) is 52.3 Å². The molecular weight excluding hydrogens is 689 g/mol. The fourth-order valence-electron chi connectivity index (χ4n) is 5.60. The normalized spacial score (nSPS) is 12.0. The van der Waals surface area contributed by atoms with Gasteiger partial charge in [0.15, 0.2) is 5.11 Å². The molecule has 1 heterocycles. The number of rotatable bonds is 14. The number of ether oxygens (including phenoxy) is 1. The summed E-state index contributed by atoms with van der Waals surface area (Å²) in [6, 6.07) is 21.5. The highest BCUT2D eigenvalue weighted by Gasteiger charge is 2.25. The average molecular weight is 741 g/mol. The number of aromatic nitrogens is 1. The van der Waals surface area contributed by atoms with Crippen LogP contribution in [0.25, 0.3) is 10.9 Å². The van der Waals surface area contributed by atoms with Crippen molar-refractivity contribution in [1.29, 1.82) is 0 Å². The molecule has 0 aliphatic heterocycles. The highest BCUT2D eigenvalue weighted by atomic mass is 32.1. The van der Waals surface area contributed by atoms with Crippen LogP contribution in [0.2, 0.25) is 0 Å². The minimum Gasteiger partial charge on any atom is -0.444 e. The third-order valence-corrected chi connectivity index (χ3v) is 8.61. The summed E-state index contributed by atoms with van der Waals surface area (Å²) in [6.45, 7) is 12.1. The molecule has 282 valence electrons. The first kappa shape index (κ1) is 40.5. The van der Waals surface area contributed by atoms with Crippen LogP contribution in [-0.4, -0.2) is 52.1 Å². The SMILES string of the molecule is CC(C)(C)OC(=O)NC(Cc1c[nH]c2ccccc12)C(=O)NCCCCCCC(=O)Nc1ccc(NC(=S)NC(=O)c2ccc(C(C)(C)C)cc2)cc1. The predicted molar refractivity (Wildman–Crippen MR) is 215 cm³/mol. The molecule has 1 atom stereocenters. The third kappa shape index (κ3) is 13.4. The highest BCUT2D eigenvalue weighted by Crippen LogP contribution is 2.23. The van der Waals surface area contributed by atoms with Crippen molar-refractivity contribution in [2.45, 2.75) is 97.1 Å². The Morgan fingerprint density at radius 3 is 2.09 bits per heavy atom. The summed E-state index contributed by atoms with van der Waals surface area (Å²) in [5.74, 6) is -0.669. The first-order valence-corrected chi connectivity index (χ1v) is 18.4. The van der Waals surface area contributed by atoms with E-state index in [0.717, 1.165) is 41.3 Å². The van der Waals surface area contributed by atoms with Gasteiger partial charge in [-0.1, -0.05) is 63.9 Å². The minimum absolute atomic E-state index is 0.00267. The standard InChI is InChI=1S/C41H52N6O5S/c1-40(2,3)29-18-16-27(17-19-29)36(49)47-38(53)45-31-22-20-30(21-23-31)44-35(48)15-9-7-8-12-24-42-37(50)34(46-39(51)52-41(4,5)6)25-28-26-43-33-14-11-10-13-32(28)33/h10-11,13-14,16-23,26,34,43H,7-9,12,15,24-25H2,1-6H3,(H,42,50)(H,44,48)(H,46,51)(H2,45,47,49,53). The highest BCUT2D eigenvalue weighted by molar-refractivity contribution is 7.80. The number of benzene rings is 3. The van der Waals surface area contributed by atoms with Crippen molar-refractivity contribution in [3.63, 3.8) is 0 Å². The Labute approximate surface area is 317 Å². The molecule has 4 rings (SSSR count). The molecule has 0 radical (unpaired) electrons. The molecule has 4 aromatic rings. The van der Waals surface area contributed by atoms with Gasteiger partial charge in [0.2, 0.25) is 11.8 Å². The van der Waals surface area contributed by atoms with E-state index in [4.69, 9.17) is 17.0 Å². The maximum Gasteiger partial charge on any atom is 0.408 e. The second-order valence-electron chi connectivity index (χ2n) is 15.1. The van der Waals surface area contributed by atoms with E-state index in [1.54, 1.807) is 57.2 Å². The topological polar surface area (TPSA) is 153 Å². The molecule has 3 aromatic carbocycles. The number of unbranched alkanes of at least 4 members (excludes halogenated alkanes) is 3. The molecule has 1 unspecified atom stereocenters. The second kappa shape index (κ2) is 18.5. The van der Waals surface area contributed by atoms with Gasteiger partial charge in [0.05, 0.1) is 0 Å². The van der Waals surface area contributed by atoms with Gasteiger partial charge in [-0.25, -0.2) is 4.79 Å². The number of hydrogen-bond acceptors (Lipinski definition) is 6. The van der Waals surface area contributed by atoms with Gasteiger partial charge < -0.3 is 31.0 Å². The van der Waals surface area contributed by atoms with E-state index >= 15 is 0 Å². The van der Waals surface area contributed by atoms with E-state index in [1.807, 2.05) is 42.6 Å². The lowest BCUT2D eigenvalue weighted by Crippen LogP contribution is -2.49. The summed E-state index contributed by atoms with van der Waals surface area (Å²) in [5.41, 5.74) is 4.17. The van der Waals surface area contributed by atoms with Crippen molar-refractivity contribution in [3.8, 4) is 0 Å². The Morgan fingerprint density at radius 1 is 0.792 bits per heavy atom. The quantitative estimate of drug-likeness (QED) is 0.0572. The van der Waals surface area contributed by atoms with Crippen LogP contribution >= 0.6 is 12.2 Å². The van der Waals surface area contributed by atoms with E-state index in [1.165, 1.54) is 0 Å². The van der Waals surface area contributed by atoms with Crippen molar-refractivity contribution >= 4 is 63.4 Å². The second-order valence-corrected chi connectivity index (χ2v) is 15.5. The fourth-order valence-corrected chi connectivity index (χ4v) is 5.81. The summed E-state index contributed by atoms with van der Waals surface area (Å²) >= 11 is 5.32. The van der Waals surface area contributed by atoms with Crippen LogP contribution in [-0.2, 0) is 26.2 Å². The molecule has 0 spiro atoms. The van der Waals surface area contributed by atoms with E-state index < -0.39 is 17.7 Å². The minimum atomic E-state index is -0.808. The zero-order valence-corrected chi connectivity index (χ0v) is 32.3. The predicted octanol–water partition coefficient (Wildman–Crippen LogP) is 7.73. The average Bonchev–Trinajstić information content (AvgIpc) is 3.49. The Kier molecular flexibility index (Phi) is 14.2. The van der Waals surface area contributed by atoms with Gasteiger partial charge in [0.25, 0.3) is 5.91 Å². The molecule has 1 aromatic heterocycles. The van der Waals surface area contributed by atoms with E-state index in [9.17, 15) is 19.2 Å². The number of anilines is 2. The number of carbonyl (C=O) groups excluding carboxylic acids is 4. The number of fused-ring (bicyclic) bond motifs is 1. The van der Waals surface area contributed by atoms with Crippen LogP contribution in [0.5, 0.6) is 0 Å². The maximum absolute atomic E-state index is 13.2. The zero-order chi connectivity index (χ0) is 38.6. The van der Waals surface area contributed by atoms with Crippen molar-refractivity contribution in [2.24, 2.45) is 0 Å². The number of H-pyrrole nitrogens is 1. The number of amides is 4. The lowest BCUT2D eigenvalue weighted by Gasteiger charge is -2.23. The number of thiocarbonyl (C=S) groups is 1. The number of nitrogens with one attached hydrogen (secondary N) is 6. The number of hydrogen-bond donors (Lipinski definition) is 6. The third-order valence-electron chi connectivity index (χ3n) is 8.40. The molecule has 4 amide bonds. The molecule has 0 saturated carbocycles. The Bertz CT molecular complexity index is 1870. The molecule has 0 bridgehead atoms. The van der Waals surface area contributed by atoms with Gasteiger partial charge in [0, 0.05) is 53.4 Å². The Balaban J connectivity index is 1.13. The summed E-state index contributed by atoms with van der Waals surface area (Å²) in [4.78, 5) is 54.1. The lowest BCUT2D eigenvalue weighted by atomic mass is 9.87. The summed E-state index contributed by atoms with van der Waals surface area (Å²) in [7, 11) is 0. The molecule has 6 N–H and O–H groups in total. The molecule has 11 nitrogen and oxygen atoms in total. The molecule has 12 heteroatoms. The van der Waals surface area contributed by atoms with Crippen molar-refractivity contribution < 1.29 is 23.9 Å². The van der Waals surface area contributed by atoms with Gasteiger partial charge in [-0.15, -0.1) is 0 Å². The van der Waals surface area contributed by atoms with Crippen molar-refractivity contribution in [1.82, 2.24) is 20.9 Å². The summed E-state index contributed by atoms with van der Waals surface area (Å²) < 4.78 is 5.41. The molecule has 0 fully saturated rings. The van der Waals surface area contributed by atoms with Gasteiger partial charge >= 0.3 is 6.09 Å². The summed E-state index contributed by atoms with van der Waals surface area (Å²) in [5, 5.41) is 15.5. The molecular formula is C41H52N6O5S. The first-order valence-electron chi connectivity index (χ1n) is 18.0. The van der Waals surface area contributed by atoms with Gasteiger partial charge in [-0.2, -0.15) is 0 Å². The smallest absolute Gasteiger partial charge is 0.408 e. The molecule has 0 aliphatic carbocycles. The first-order chi connectivity index (χ1) is 25.1. The molecule has 0 aliphatic rings. The number of para-hydroxylation sites is 1. The van der Waals surface area contributed by atoms with Crippen LogP contribution in [0.3, 0.4) is 0 Å². The van der Waals surface area contributed by atoms with Crippen LogP contribution < -0.4 is 26.6 Å². The number of carbonyl (C=O) groups is 4. The van der Waals surface area contributed by atoms with Crippen LogP contribution in [0.15, 0.2) is 79.0 Å². The molecule has 53 heavy (non-hydrogen) atoms. The van der Waals surface area contributed by atoms with Crippen molar-refractivity contribution in [3.05, 3.63) is 95.7 Å². The fraction of sp³-hybridized carbons (Fsp3) is 0.390. The largest absolute Gasteiger partial charge is 0.444 e. The Hall–Kier alpha value is -5.23.